The minimum Gasteiger partial charge on any atom is -0.480 e. The zero-order valence-electron chi connectivity index (χ0n) is 8.71. The Morgan fingerprint density at radius 2 is 1.88 bits per heavy atom. The van der Waals surface area contributed by atoms with Gasteiger partial charge in [-0.25, -0.2) is 13.2 Å². The van der Waals surface area contributed by atoms with E-state index in [9.17, 15) is 18.0 Å². The van der Waals surface area contributed by atoms with Gasteiger partial charge in [0.15, 0.2) is 17.5 Å². The normalized spacial score (nSPS) is 23.9. The molecule has 1 fully saturated rings. The van der Waals surface area contributed by atoms with Crippen molar-refractivity contribution in [3.8, 4) is 0 Å². The second kappa shape index (κ2) is 4.37. The molecule has 1 aromatic carbocycles. The van der Waals surface area contributed by atoms with Gasteiger partial charge in [0.1, 0.15) is 6.04 Å². The lowest BCUT2D eigenvalue weighted by Crippen LogP contribution is -2.34. The minimum absolute atomic E-state index is 0.166. The van der Waals surface area contributed by atoms with Crippen LogP contribution in [-0.4, -0.2) is 23.7 Å². The molecule has 1 heterocycles. The summed E-state index contributed by atoms with van der Waals surface area (Å²) in [6, 6.07) is 0.817. The van der Waals surface area contributed by atoms with E-state index < -0.39 is 35.4 Å². The van der Waals surface area contributed by atoms with Gasteiger partial charge in [-0.1, -0.05) is 0 Å². The summed E-state index contributed by atoms with van der Waals surface area (Å²) in [5.41, 5.74) is 0.166. The second-order valence-corrected chi connectivity index (χ2v) is 3.96. The lowest BCUT2D eigenvalue weighted by Gasteiger charge is -2.16. The van der Waals surface area contributed by atoms with Crippen LogP contribution in [0, 0.1) is 17.5 Å². The van der Waals surface area contributed by atoms with Gasteiger partial charge in [0.05, 0.1) is 0 Å². The van der Waals surface area contributed by atoms with E-state index in [0.29, 0.717) is 13.0 Å². The van der Waals surface area contributed by atoms with Crippen LogP contribution in [-0.2, 0) is 4.79 Å². The van der Waals surface area contributed by atoms with Crippen molar-refractivity contribution >= 4 is 5.97 Å². The highest BCUT2D eigenvalue weighted by molar-refractivity contribution is 5.75. The maximum atomic E-state index is 13.0. The number of rotatable bonds is 2. The Morgan fingerprint density at radius 1 is 1.29 bits per heavy atom. The van der Waals surface area contributed by atoms with Crippen molar-refractivity contribution in [2.45, 2.75) is 18.4 Å². The van der Waals surface area contributed by atoms with Crippen LogP contribution in [0.1, 0.15) is 17.9 Å². The zero-order valence-corrected chi connectivity index (χ0v) is 8.71. The molecule has 0 aromatic heterocycles. The number of hydrogen-bond acceptors (Lipinski definition) is 2. The number of carboxylic acids is 1. The first-order valence-corrected chi connectivity index (χ1v) is 5.11. The van der Waals surface area contributed by atoms with E-state index in [-0.39, 0.29) is 5.56 Å². The van der Waals surface area contributed by atoms with Crippen molar-refractivity contribution in [3.05, 3.63) is 35.1 Å². The SMILES string of the molecule is O=C(O)C1NCCC1c1cc(F)c(F)c(F)c1. The Hall–Kier alpha value is -1.56. The first kappa shape index (κ1) is 11.9. The summed E-state index contributed by atoms with van der Waals surface area (Å²) < 4.78 is 38.8. The highest BCUT2D eigenvalue weighted by Crippen LogP contribution is 2.29. The topological polar surface area (TPSA) is 49.3 Å². The summed E-state index contributed by atoms with van der Waals surface area (Å²) in [6.07, 6.45) is 0.446. The van der Waals surface area contributed by atoms with Gasteiger partial charge < -0.3 is 10.4 Å². The summed E-state index contributed by atoms with van der Waals surface area (Å²) in [6.45, 7) is 0.447. The summed E-state index contributed by atoms with van der Waals surface area (Å²) in [4.78, 5) is 10.9. The van der Waals surface area contributed by atoms with E-state index >= 15 is 0 Å². The van der Waals surface area contributed by atoms with Gasteiger partial charge in [-0.3, -0.25) is 4.79 Å². The minimum atomic E-state index is -1.54. The zero-order chi connectivity index (χ0) is 12.6. The van der Waals surface area contributed by atoms with Crippen LogP contribution in [0.15, 0.2) is 12.1 Å². The second-order valence-electron chi connectivity index (χ2n) is 3.96. The van der Waals surface area contributed by atoms with Gasteiger partial charge in [0.25, 0.3) is 0 Å². The Labute approximate surface area is 95.3 Å². The largest absolute Gasteiger partial charge is 0.480 e. The molecule has 2 rings (SSSR count). The van der Waals surface area contributed by atoms with Gasteiger partial charge in [-0.05, 0) is 30.7 Å². The maximum Gasteiger partial charge on any atom is 0.321 e. The van der Waals surface area contributed by atoms with Crippen LogP contribution in [0.3, 0.4) is 0 Å². The van der Waals surface area contributed by atoms with E-state index in [4.69, 9.17) is 5.11 Å². The fraction of sp³-hybridized carbons (Fsp3) is 0.364. The van der Waals surface area contributed by atoms with Crippen molar-refractivity contribution < 1.29 is 23.1 Å². The molecule has 1 aliphatic rings. The molecule has 0 amide bonds. The predicted octanol–water partition coefficient (Wildman–Crippen LogP) is 1.63. The summed E-state index contributed by atoms with van der Waals surface area (Å²) in [5.74, 6) is -5.76. The lowest BCUT2D eigenvalue weighted by molar-refractivity contribution is -0.139. The third-order valence-electron chi connectivity index (χ3n) is 2.92. The average molecular weight is 245 g/mol. The lowest BCUT2D eigenvalue weighted by atomic mass is 9.92. The van der Waals surface area contributed by atoms with Crippen LogP contribution < -0.4 is 5.32 Å². The fourth-order valence-corrected chi connectivity index (χ4v) is 2.11. The number of hydrogen-bond donors (Lipinski definition) is 2. The molecule has 3 nitrogen and oxygen atoms in total. The molecule has 0 aliphatic carbocycles. The molecule has 2 N–H and O–H groups in total. The monoisotopic (exact) mass is 245 g/mol. The molecular formula is C11H10F3NO2. The molecule has 17 heavy (non-hydrogen) atoms. The Morgan fingerprint density at radius 3 is 2.41 bits per heavy atom. The number of nitrogens with one attached hydrogen (secondary N) is 1. The van der Waals surface area contributed by atoms with E-state index in [1.54, 1.807) is 0 Å². The molecule has 0 saturated carbocycles. The Bertz CT molecular complexity index is 441. The molecular weight excluding hydrogens is 235 g/mol. The van der Waals surface area contributed by atoms with Gasteiger partial charge in [0.2, 0.25) is 0 Å². The van der Waals surface area contributed by atoms with Crippen molar-refractivity contribution in [1.82, 2.24) is 5.32 Å². The summed E-state index contributed by atoms with van der Waals surface area (Å²) >= 11 is 0. The molecule has 0 spiro atoms. The van der Waals surface area contributed by atoms with Crippen molar-refractivity contribution in [2.24, 2.45) is 0 Å². The summed E-state index contributed by atoms with van der Waals surface area (Å²) in [5, 5.41) is 11.6. The van der Waals surface area contributed by atoms with Crippen molar-refractivity contribution in [2.75, 3.05) is 6.54 Å². The van der Waals surface area contributed by atoms with Crippen LogP contribution in [0.25, 0.3) is 0 Å². The van der Waals surface area contributed by atoms with Crippen LogP contribution >= 0.6 is 0 Å². The third kappa shape index (κ3) is 2.12. The van der Waals surface area contributed by atoms with Crippen molar-refractivity contribution in [3.63, 3.8) is 0 Å². The smallest absolute Gasteiger partial charge is 0.321 e. The first-order chi connectivity index (χ1) is 8.00. The first-order valence-electron chi connectivity index (χ1n) is 5.11. The van der Waals surface area contributed by atoms with E-state index in [2.05, 4.69) is 5.32 Å². The fourth-order valence-electron chi connectivity index (χ4n) is 2.11. The molecule has 1 aromatic rings. The molecule has 6 heteroatoms. The molecule has 2 atom stereocenters. The molecule has 1 saturated heterocycles. The van der Waals surface area contributed by atoms with E-state index in [1.165, 1.54) is 0 Å². The van der Waals surface area contributed by atoms with Crippen LogP contribution in [0.4, 0.5) is 13.2 Å². The molecule has 2 unspecified atom stereocenters. The molecule has 0 bridgehead atoms. The highest BCUT2D eigenvalue weighted by Gasteiger charge is 2.34. The Balaban J connectivity index is 2.37. The van der Waals surface area contributed by atoms with Crippen LogP contribution in [0.5, 0.6) is 0 Å². The van der Waals surface area contributed by atoms with Gasteiger partial charge >= 0.3 is 5.97 Å². The van der Waals surface area contributed by atoms with Crippen LogP contribution in [0.2, 0.25) is 0 Å². The van der Waals surface area contributed by atoms with Crippen molar-refractivity contribution in [1.29, 1.82) is 0 Å². The number of carbonyl (C=O) groups is 1. The van der Waals surface area contributed by atoms with Gasteiger partial charge in [-0.2, -0.15) is 0 Å². The van der Waals surface area contributed by atoms with Gasteiger partial charge in [-0.15, -0.1) is 0 Å². The number of carboxylic acid groups (broad SMARTS) is 1. The number of aliphatic carboxylic acids is 1. The van der Waals surface area contributed by atoms with E-state index in [1.807, 2.05) is 0 Å². The third-order valence-corrected chi connectivity index (χ3v) is 2.92. The molecule has 92 valence electrons. The highest BCUT2D eigenvalue weighted by atomic mass is 19.2. The maximum absolute atomic E-state index is 13.0. The summed E-state index contributed by atoms with van der Waals surface area (Å²) in [7, 11) is 0. The number of halogens is 3. The molecule has 1 aliphatic heterocycles. The average Bonchev–Trinajstić information content (AvgIpc) is 2.74. The quantitative estimate of drug-likeness (QED) is 0.779. The van der Waals surface area contributed by atoms with Gasteiger partial charge in [0, 0.05) is 5.92 Å². The predicted molar refractivity (Wildman–Crippen MR) is 53.1 cm³/mol. The molecule has 0 radical (unpaired) electrons. The number of benzene rings is 1. The standard InChI is InChI=1S/C11H10F3NO2/c12-7-3-5(4-8(13)9(7)14)6-1-2-15-10(6)11(16)17/h3-4,6,10,15H,1-2H2,(H,16,17). The van der Waals surface area contributed by atoms with E-state index in [0.717, 1.165) is 12.1 Å². The Kier molecular flexibility index (Phi) is 3.06.